The van der Waals surface area contributed by atoms with E-state index in [1.54, 1.807) is 0 Å². The number of hydrogen-bond acceptors (Lipinski definition) is 6. The maximum Gasteiger partial charge on any atom is 0.251 e. The van der Waals surface area contributed by atoms with Crippen LogP contribution in [-0.2, 0) is 0 Å². The molecule has 3 aromatic carbocycles. The fourth-order valence-corrected chi connectivity index (χ4v) is 4.09. The summed E-state index contributed by atoms with van der Waals surface area (Å²) in [6, 6.07) is 25.2. The number of para-hydroxylation sites is 2. The van der Waals surface area contributed by atoms with Gasteiger partial charge in [0.15, 0.2) is 0 Å². The highest BCUT2D eigenvalue weighted by Crippen LogP contribution is 2.22. The average molecular weight is 498 g/mol. The predicted octanol–water partition coefficient (Wildman–Crippen LogP) is 5.43. The molecule has 5 aromatic rings. The molecule has 0 aliphatic carbocycles. The molecule has 3 N–H and O–H groups in total. The van der Waals surface area contributed by atoms with E-state index in [0.29, 0.717) is 30.3 Å². The van der Waals surface area contributed by atoms with Gasteiger partial charge < -0.3 is 15.6 Å². The zero-order chi connectivity index (χ0) is 24.7. The molecule has 0 fully saturated rings. The Morgan fingerprint density at radius 3 is 2.42 bits per heavy atom. The molecule has 1 amide bonds. The third kappa shape index (κ3) is 5.67. The minimum absolute atomic E-state index is 0.137. The predicted molar refractivity (Wildman–Crippen MR) is 141 cm³/mol. The Kier molecular flexibility index (Phi) is 7.14. The molecule has 5 rings (SSSR count). The number of fused-ring (bicyclic) bond motifs is 1. The van der Waals surface area contributed by atoms with E-state index in [4.69, 9.17) is 16.6 Å². The molecule has 1 unspecified atom stereocenters. The van der Waals surface area contributed by atoms with Crippen LogP contribution < -0.4 is 10.6 Å². The van der Waals surface area contributed by atoms with Gasteiger partial charge in [-0.2, -0.15) is 4.98 Å². The van der Waals surface area contributed by atoms with Crippen LogP contribution in [0.1, 0.15) is 35.1 Å². The van der Waals surface area contributed by atoms with Crippen LogP contribution in [0, 0.1) is 0 Å². The molecule has 36 heavy (non-hydrogen) atoms. The number of carbonyl (C=O) groups is 1. The third-order valence-corrected chi connectivity index (χ3v) is 5.97. The van der Waals surface area contributed by atoms with E-state index in [2.05, 4.69) is 30.6 Å². The summed E-state index contributed by atoms with van der Waals surface area (Å²) in [4.78, 5) is 33.1. The van der Waals surface area contributed by atoms with Crippen LogP contribution in [0.2, 0.25) is 5.28 Å². The standard InChI is InChI=1S/C27H24ClN7O/c28-26-30-17-31-27(35-26)29-16-6-11-23(24-32-21-9-4-5-10-22(21)33-24)34-25(36)20-14-12-19(13-15-20)18-7-2-1-3-8-18/h1-5,7-10,12-15,17,23H,6,11,16H2,(H,32,33)(H,34,36)(H,29,30,31,35). The number of carbonyl (C=O) groups excluding carboxylic acids is 1. The van der Waals surface area contributed by atoms with Crippen LogP contribution in [0.4, 0.5) is 5.95 Å². The van der Waals surface area contributed by atoms with Gasteiger partial charge >= 0.3 is 0 Å². The molecule has 0 saturated carbocycles. The maximum absolute atomic E-state index is 13.2. The fourth-order valence-electron chi connectivity index (χ4n) is 3.97. The van der Waals surface area contributed by atoms with Crippen molar-refractivity contribution < 1.29 is 4.79 Å². The quantitative estimate of drug-likeness (QED) is 0.234. The summed E-state index contributed by atoms with van der Waals surface area (Å²) in [7, 11) is 0. The number of H-pyrrole nitrogens is 1. The minimum Gasteiger partial charge on any atom is -0.354 e. The van der Waals surface area contributed by atoms with Crippen LogP contribution in [-0.4, -0.2) is 37.4 Å². The van der Waals surface area contributed by atoms with Gasteiger partial charge in [-0.05, 0) is 59.8 Å². The Morgan fingerprint density at radius 2 is 1.64 bits per heavy atom. The lowest BCUT2D eigenvalue weighted by molar-refractivity contribution is 0.0932. The monoisotopic (exact) mass is 497 g/mol. The molecule has 0 radical (unpaired) electrons. The summed E-state index contributed by atoms with van der Waals surface area (Å²) < 4.78 is 0. The van der Waals surface area contributed by atoms with Crippen molar-refractivity contribution in [3.05, 3.63) is 102 Å². The van der Waals surface area contributed by atoms with Gasteiger partial charge in [0.1, 0.15) is 12.2 Å². The number of nitrogens with one attached hydrogen (secondary N) is 3. The van der Waals surface area contributed by atoms with Crippen molar-refractivity contribution in [3.63, 3.8) is 0 Å². The first kappa shape index (κ1) is 23.4. The van der Waals surface area contributed by atoms with Gasteiger partial charge in [-0.25, -0.2) is 15.0 Å². The van der Waals surface area contributed by atoms with Crippen molar-refractivity contribution in [1.82, 2.24) is 30.2 Å². The molecule has 0 bridgehead atoms. The number of halogens is 1. The number of benzene rings is 3. The highest BCUT2D eigenvalue weighted by atomic mass is 35.5. The summed E-state index contributed by atoms with van der Waals surface area (Å²) >= 11 is 5.82. The minimum atomic E-state index is -0.303. The Bertz CT molecular complexity index is 1420. The molecule has 0 aliphatic heterocycles. The molecule has 2 aromatic heterocycles. The van der Waals surface area contributed by atoms with Crippen molar-refractivity contribution in [2.24, 2.45) is 0 Å². The summed E-state index contributed by atoms with van der Waals surface area (Å²) in [5, 5.41) is 6.43. The molecule has 0 spiro atoms. The summed E-state index contributed by atoms with van der Waals surface area (Å²) in [5.41, 5.74) is 4.55. The van der Waals surface area contributed by atoms with Crippen LogP contribution >= 0.6 is 11.6 Å². The first-order chi connectivity index (χ1) is 17.7. The van der Waals surface area contributed by atoms with Crippen molar-refractivity contribution in [1.29, 1.82) is 0 Å². The van der Waals surface area contributed by atoms with Crippen LogP contribution in [0.25, 0.3) is 22.2 Å². The van der Waals surface area contributed by atoms with Crippen molar-refractivity contribution in [2.75, 3.05) is 11.9 Å². The molecular formula is C27H24ClN7O. The zero-order valence-electron chi connectivity index (χ0n) is 19.4. The lowest BCUT2D eigenvalue weighted by Crippen LogP contribution is -2.29. The van der Waals surface area contributed by atoms with E-state index in [1.165, 1.54) is 6.33 Å². The molecule has 8 nitrogen and oxygen atoms in total. The third-order valence-electron chi connectivity index (χ3n) is 5.79. The molecule has 0 aliphatic rings. The number of aromatic nitrogens is 5. The molecular weight excluding hydrogens is 474 g/mol. The lowest BCUT2D eigenvalue weighted by Gasteiger charge is -2.17. The van der Waals surface area contributed by atoms with Gasteiger partial charge in [0.2, 0.25) is 11.2 Å². The summed E-state index contributed by atoms with van der Waals surface area (Å²) in [6.07, 6.45) is 2.75. The van der Waals surface area contributed by atoms with Crippen LogP contribution in [0.5, 0.6) is 0 Å². The second kappa shape index (κ2) is 11.0. The summed E-state index contributed by atoms with van der Waals surface area (Å²) in [6.45, 7) is 0.596. The van der Waals surface area contributed by atoms with Crippen LogP contribution in [0.15, 0.2) is 85.2 Å². The van der Waals surface area contributed by atoms with Gasteiger partial charge in [-0.15, -0.1) is 0 Å². The second-order valence-corrected chi connectivity index (χ2v) is 8.59. The SMILES string of the molecule is O=C(NC(CCCNc1ncnc(Cl)n1)c1nc2ccccc2[nH]1)c1ccc(-c2ccccc2)cc1. The molecule has 1 atom stereocenters. The Labute approximate surface area is 213 Å². The lowest BCUT2D eigenvalue weighted by atomic mass is 10.0. The van der Waals surface area contributed by atoms with Gasteiger partial charge in [-0.3, -0.25) is 4.79 Å². The van der Waals surface area contributed by atoms with Gasteiger partial charge in [0.05, 0.1) is 17.1 Å². The highest BCUT2D eigenvalue weighted by Gasteiger charge is 2.19. The number of aromatic amines is 1. The summed E-state index contributed by atoms with van der Waals surface area (Å²) in [5.74, 6) is 0.976. The van der Waals surface area contributed by atoms with Gasteiger partial charge in [-0.1, -0.05) is 54.6 Å². The Morgan fingerprint density at radius 1 is 0.889 bits per heavy atom. The number of amides is 1. The largest absolute Gasteiger partial charge is 0.354 e. The normalized spacial score (nSPS) is 11.8. The second-order valence-electron chi connectivity index (χ2n) is 8.26. The van der Waals surface area contributed by atoms with E-state index in [9.17, 15) is 4.79 Å². The number of anilines is 1. The van der Waals surface area contributed by atoms with Crippen molar-refractivity contribution in [3.8, 4) is 11.1 Å². The number of rotatable bonds is 9. The van der Waals surface area contributed by atoms with E-state index < -0.39 is 0 Å². The van der Waals surface area contributed by atoms with Crippen LogP contribution in [0.3, 0.4) is 0 Å². The van der Waals surface area contributed by atoms with E-state index >= 15 is 0 Å². The molecule has 0 saturated heterocycles. The van der Waals surface area contributed by atoms with E-state index in [0.717, 1.165) is 28.6 Å². The van der Waals surface area contributed by atoms with Crippen molar-refractivity contribution in [2.45, 2.75) is 18.9 Å². The maximum atomic E-state index is 13.2. The first-order valence-electron chi connectivity index (χ1n) is 11.6. The smallest absolute Gasteiger partial charge is 0.251 e. The van der Waals surface area contributed by atoms with Gasteiger partial charge in [0.25, 0.3) is 5.91 Å². The Balaban J connectivity index is 1.29. The fraction of sp³-hybridized carbons (Fsp3) is 0.148. The zero-order valence-corrected chi connectivity index (χ0v) is 20.1. The number of imidazole rings is 1. The van der Waals surface area contributed by atoms with E-state index in [-0.39, 0.29) is 17.2 Å². The first-order valence-corrected chi connectivity index (χ1v) is 12.0. The molecule has 180 valence electrons. The Hall–Kier alpha value is -4.30. The van der Waals surface area contributed by atoms with E-state index in [1.807, 2.05) is 78.9 Å². The highest BCUT2D eigenvalue weighted by molar-refractivity contribution is 6.28. The van der Waals surface area contributed by atoms with Gasteiger partial charge in [0, 0.05) is 12.1 Å². The number of nitrogens with zero attached hydrogens (tertiary/aromatic N) is 4. The van der Waals surface area contributed by atoms with Crippen molar-refractivity contribution >= 4 is 34.5 Å². The number of hydrogen-bond donors (Lipinski definition) is 3. The average Bonchev–Trinajstić information content (AvgIpc) is 3.35. The topological polar surface area (TPSA) is 108 Å². The molecule has 9 heteroatoms. The molecule has 2 heterocycles.